The van der Waals surface area contributed by atoms with Crippen molar-refractivity contribution in [2.24, 2.45) is 0 Å². The molecule has 92 valence electrons. The van der Waals surface area contributed by atoms with Gasteiger partial charge in [-0.25, -0.2) is 0 Å². The minimum atomic E-state index is 1.29. The van der Waals surface area contributed by atoms with Gasteiger partial charge in [-0.2, -0.15) is 0 Å². The molecule has 19 heavy (non-hydrogen) atoms. The van der Waals surface area contributed by atoms with E-state index in [0.717, 1.165) is 0 Å². The van der Waals surface area contributed by atoms with Crippen LogP contribution in [0.2, 0.25) is 0 Å². The average Bonchev–Trinajstić information content (AvgIpc) is 2.81. The molecule has 3 aromatic carbocycles. The van der Waals surface area contributed by atoms with Crippen LogP contribution in [-0.4, -0.2) is 10.2 Å². The highest BCUT2D eigenvalue weighted by Gasteiger charge is 2.11. The van der Waals surface area contributed by atoms with Crippen LogP contribution >= 0.6 is 11.9 Å². The molecule has 0 saturated carbocycles. The lowest BCUT2D eigenvalue weighted by atomic mass is 10.0. The molecule has 0 aliphatic heterocycles. The van der Waals surface area contributed by atoms with E-state index in [-0.39, 0.29) is 0 Å². The van der Waals surface area contributed by atoms with Crippen LogP contribution in [0.4, 0.5) is 0 Å². The van der Waals surface area contributed by atoms with Gasteiger partial charge in [-0.1, -0.05) is 48.5 Å². The lowest BCUT2D eigenvalue weighted by Crippen LogP contribution is -1.83. The van der Waals surface area contributed by atoms with Crippen molar-refractivity contribution in [1.29, 1.82) is 0 Å². The van der Waals surface area contributed by atoms with E-state index in [1.807, 2.05) is 0 Å². The molecule has 0 spiro atoms. The predicted octanol–water partition coefficient (Wildman–Crippen LogP) is 5.07. The number of hydrogen-bond acceptors (Lipinski definition) is 1. The normalized spacial score (nSPS) is 11.6. The third-order valence-corrected chi connectivity index (χ3v) is 4.46. The van der Waals surface area contributed by atoms with E-state index in [2.05, 4.69) is 70.9 Å². The molecule has 0 aliphatic rings. The Bertz CT molecular complexity index is 905. The zero-order chi connectivity index (χ0) is 12.8. The molecular formula is C17H13NS. The molecule has 0 aliphatic carbocycles. The molecule has 1 nitrogen and oxygen atoms in total. The number of nitrogens with zero attached hydrogens (tertiary/aromatic N) is 1. The van der Waals surface area contributed by atoms with Crippen molar-refractivity contribution in [3.05, 3.63) is 60.7 Å². The Morgan fingerprint density at radius 3 is 2.32 bits per heavy atom. The number of rotatable bonds is 1. The second-order valence-corrected chi connectivity index (χ2v) is 5.41. The Labute approximate surface area is 116 Å². The number of hydrogen-bond donors (Lipinski definition) is 0. The molecule has 0 fully saturated rings. The lowest BCUT2D eigenvalue weighted by molar-refractivity contribution is 1.43. The first-order chi connectivity index (χ1) is 9.40. The van der Waals surface area contributed by atoms with Gasteiger partial charge in [0, 0.05) is 17.0 Å². The minimum absolute atomic E-state index is 1.29. The highest BCUT2D eigenvalue weighted by Crippen LogP contribution is 2.36. The fraction of sp³-hybridized carbons (Fsp3) is 0.0588. The van der Waals surface area contributed by atoms with E-state index < -0.39 is 0 Å². The van der Waals surface area contributed by atoms with E-state index in [0.29, 0.717) is 0 Å². The smallest absolute Gasteiger partial charge is 0.0611 e. The van der Waals surface area contributed by atoms with Gasteiger partial charge in [0.25, 0.3) is 0 Å². The van der Waals surface area contributed by atoms with Crippen LogP contribution < -0.4 is 0 Å². The first-order valence-corrected chi connectivity index (χ1v) is 7.54. The Kier molecular flexibility index (Phi) is 2.32. The highest BCUT2D eigenvalue weighted by molar-refractivity contribution is 7.97. The Hall–Kier alpha value is -1.93. The molecule has 1 heterocycles. The van der Waals surface area contributed by atoms with Crippen molar-refractivity contribution in [2.75, 3.05) is 6.26 Å². The summed E-state index contributed by atoms with van der Waals surface area (Å²) in [6, 6.07) is 21.7. The molecule has 4 aromatic rings. The lowest BCUT2D eigenvalue weighted by Gasteiger charge is -2.02. The van der Waals surface area contributed by atoms with Gasteiger partial charge in [-0.15, -0.1) is 0 Å². The van der Waals surface area contributed by atoms with Crippen LogP contribution in [0.25, 0.3) is 32.6 Å². The van der Waals surface area contributed by atoms with E-state index >= 15 is 0 Å². The largest absolute Gasteiger partial charge is 0.283 e. The van der Waals surface area contributed by atoms with Gasteiger partial charge >= 0.3 is 0 Å². The van der Waals surface area contributed by atoms with E-state index in [1.165, 1.54) is 32.6 Å². The molecule has 0 amide bonds. The van der Waals surface area contributed by atoms with E-state index in [4.69, 9.17) is 0 Å². The Morgan fingerprint density at radius 1 is 0.737 bits per heavy atom. The van der Waals surface area contributed by atoms with Crippen LogP contribution in [-0.2, 0) is 0 Å². The summed E-state index contributed by atoms with van der Waals surface area (Å²) < 4.78 is 2.32. The second kappa shape index (κ2) is 4.04. The molecule has 2 heteroatoms. The summed E-state index contributed by atoms with van der Waals surface area (Å²) in [6.45, 7) is 0. The summed E-state index contributed by atoms with van der Waals surface area (Å²) >= 11 is 1.76. The van der Waals surface area contributed by atoms with Crippen LogP contribution in [0.3, 0.4) is 0 Å². The monoisotopic (exact) mass is 263 g/mol. The van der Waals surface area contributed by atoms with Crippen molar-refractivity contribution in [3.63, 3.8) is 0 Å². The highest BCUT2D eigenvalue weighted by atomic mass is 32.2. The summed E-state index contributed by atoms with van der Waals surface area (Å²) in [5.41, 5.74) is 2.59. The third-order valence-electron chi connectivity index (χ3n) is 3.70. The maximum Gasteiger partial charge on any atom is 0.0611 e. The molecule has 4 rings (SSSR count). The first-order valence-electron chi connectivity index (χ1n) is 6.35. The molecule has 0 unspecified atom stereocenters. The molecule has 0 N–H and O–H groups in total. The van der Waals surface area contributed by atoms with Gasteiger partial charge in [0.15, 0.2) is 0 Å². The molecule has 1 aromatic heterocycles. The predicted molar refractivity (Wildman–Crippen MR) is 85.9 cm³/mol. The van der Waals surface area contributed by atoms with E-state index in [1.54, 1.807) is 11.9 Å². The number of aromatic nitrogens is 1. The van der Waals surface area contributed by atoms with Gasteiger partial charge in [0.05, 0.1) is 11.0 Å². The summed E-state index contributed by atoms with van der Waals surface area (Å²) in [5, 5.41) is 5.34. The van der Waals surface area contributed by atoms with Crippen molar-refractivity contribution < 1.29 is 0 Å². The van der Waals surface area contributed by atoms with Gasteiger partial charge in [0.2, 0.25) is 0 Å². The molecule has 0 saturated heterocycles. The van der Waals surface area contributed by atoms with Gasteiger partial charge in [0.1, 0.15) is 0 Å². The topological polar surface area (TPSA) is 4.93 Å². The summed E-state index contributed by atoms with van der Waals surface area (Å²) in [6.07, 6.45) is 2.13. The van der Waals surface area contributed by atoms with Gasteiger partial charge < -0.3 is 0 Å². The Balaban J connectivity index is 2.37. The van der Waals surface area contributed by atoms with Crippen LogP contribution in [0.15, 0.2) is 60.7 Å². The van der Waals surface area contributed by atoms with Gasteiger partial charge in [-0.3, -0.25) is 3.97 Å². The van der Waals surface area contributed by atoms with Crippen LogP contribution in [0, 0.1) is 0 Å². The maximum atomic E-state index is 2.32. The van der Waals surface area contributed by atoms with Crippen molar-refractivity contribution in [2.45, 2.75) is 0 Å². The molecule has 0 atom stereocenters. The van der Waals surface area contributed by atoms with Gasteiger partial charge in [-0.05, 0) is 34.9 Å². The zero-order valence-electron chi connectivity index (χ0n) is 10.6. The first kappa shape index (κ1) is 10.9. The SMILES string of the molecule is CSn1c2ccccc2c2c3ccccc3ccc21. The number of benzene rings is 3. The van der Waals surface area contributed by atoms with Crippen molar-refractivity contribution in [1.82, 2.24) is 3.97 Å². The molecule has 0 bridgehead atoms. The maximum absolute atomic E-state index is 2.32. The van der Waals surface area contributed by atoms with Crippen molar-refractivity contribution >= 4 is 44.5 Å². The molecule has 0 radical (unpaired) electrons. The quantitative estimate of drug-likeness (QED) is 0.464. The van der Waals surface area contributed by atoms with Crippen molar-refractivity contribution in [3.8, 4) is 0 Å². The fourth-order valence-electron chi connectivity index (χ4n) is 2.90. The van der Waals surface area contributed by atoms with E-state index in [9.17, 15) is 0 Å². The summed E-state index contributed by atoms with van der Waals surface area (Å²) in [4.78, 5) is 0. The van der Waals surface area contributed by atoms with Crippen LogP contribution in [0.1, 0.15) is 0 Å². The zero-order valence-corrected chi connectivity index (χ0v) is 11.4. The standard InChI is InChI=1S/C17H13NS/c1-19-18-15-9-5-4-8-14(15)17-13-7-3-2-6-12(13)10-11-16(17)18/h2-11H,1H3. The number of para-hydroxylation sites is 1. The number of fused-ring (bicyclic) bond motifs is 5. The average molecular weight is 263 g/mol. The Morgan fingerprint density at radius 2 is 1.47 bits per heavy atom. The second-order valence-electron chi connectivity index (χ2n) is 4.67. The van der Waals surface area contributed by atoms with Crippen LogP contribution in [0.5, 0.6) is 0 Å². The fourth-order valence-corrected chi connectivity index (χ4v) is 3.61. The summed E-state index contributed by atoms with van der Waals surface area (Å²) in [7, 11) is 0. The third kappa shape index (κ3) is 1.44. The summed E-state index contributed by atoms with van der Waals surface area (Å²) in [5.74, 6) is 0. The minimum Gasteiger partial charge on any atom is -0.283 e. The molecular weight excluding hydrogens is 250 g/mol.